The Balaban J connectivity index is 2.19. The van der Waals surface area contributed by atoms with E-state index in [9.17, 15) is 4.79 Å². The summed E-state index contributed by atoms with van der Waals surface area (Å²) in [6.45, 7) is 8.37. The second-order valence-corrected chi connectivity index (χ2v) is 6.39. The van der Waals surface area contributed by atoms with E-state index in [1.807, 2.05) is 32.7 Å². The van der Waals surface area contributed by atoms with E-state index < -0.39 is 5.60 Å². The maximum absolute atomic E-state index is 12.3. The van der Waals surface area contributed by atoms with E-state index in [1.54, 1.807) is 0 Å². The molecule has 4 nitrogen and oxygen atoms in total. The van der Waals surface area contributed by atoms with Crippen molar-refractivity contribution in [1.29, 1.82) is 0 Å². The van der Waals surface area contributed by atoms with E-state index in [0.29, 0.717) is 6.54 Å². The monoisotopic (exact) mass is 276 g/mol. The number of anilines is 1. The molecule has 1 heterocycles. The van der Waals surface area contributed by atoms with Crippen LogP contribution in [0.3, 0.4) is 0 Å². The van der Waals surface area contributed by atoms with Gasteiger partial charge in [-0.25, -0.2) is 4.79 Å². The van der Waals surface area contributed by atoms with Gasteiger partial charge in [-0.3, -0.25) is 0 Å². The average Bonchev–Trinajstić information content (AvgIpc) is 2.35. The molecule has 0 bridgehead atoms. The van der Waals surface area contributed by atoms with Gasteiger partial charge in [-0.15, -0.1) is 0 Å². The zero-order valence-corrected chi connectivity index (χ0v) is 13.0. The SMILES string of the molecule is CNc1ccc2c(c1)CN(C(=O)OC(C)(C)C)C(C)C2. The molecule has 0 saturated carbocycles. The van der Waals surface area contributed by atoms with Gasteiger partial charge in [0.15, 0.2) is 0 Å². The number of hydrogen-bond donors (Lipinski definition) is 1. The predicted octanol–water partition coefficient (Wildman–Crippen LogP) is 3.41. The Morgan fingerprint density at radius 2 is 2.05 bits per heavy atom. The van der Waals surface area contributed by atoms with Gasteiger partial charge in [-0.2, -0.15) is 0 Å². The Kier molecular flexibility index (Phi) is 3.93. The Labute approximate surface area is 121 Å². The minimum atomic E-state index is -0.454. The molecule has 1 aliphatic heterocycles. The van der Waals surface area contributed by atoms with Crippen LogP contribution < -0.4 is 5.32 Å². The van der Waals surface area contributed by atoms with Gasteiger partial charge >= 0.3 is 6.09 Å². The summed E-state index contributed by atoms with van der Waals surface area (Å²) in [6.07, 6.45) is 0.643. The van der Waals surface area contributed by atoms with Crippen LogP contribution in [0.25, 0.3) is 0 Å². The lowest BCUT2D eigenvalue weighted by molar-refractivity contribution is 0.0138. The highest BCUT2D eigenvalue weighted by molar-refractivity contribution is 5.69. The fraction of sp³-hybridized carbons (Fsp3) is 0.562. The van der Waals surface area contributed by atoms with E-state index in [1.165, 1.54) is 11.1 Å². The lowest BCUT2D eigenvalue weighted by atomic mass is 9.94. The van der Waals surface area contributed by atoms with Crippen LogP contribution in [0.5, 0.6) is 0 Å². The third-order valence-corrected chi connectivity index (χ3v) is 3.51. The number of hydrogen-bond acceptors (Lipinski definition) is 3. The first kappa shape index (κ1) is 14.7. The molecule has 0 fully saturated rings. The van der Waals surface area contributed by atoms with Crippen molar-refractivity contribution < 1.29 is 9.53 Å². The Morgan fingerprint density at radius 3 is 2.65 bits per heavy atom. The molecule has 0 aliphatic carbocycles. The van der Waals surface area contributed by atoms with E-state index in [-0.39, 0.29) is 12.1 Å². The van der Waals surface area contributed by atoms with Gasteiger partial charge in [-0.1, -0.05) is 6.07 Å². The van der Waals surface area contributed by atoms with Crippen molar-refractivity contribution in [2.45, 2.75) is 52.3 Å². The van der Waals surface area contributed by atoms with E-state index >= 15 is 0 Å². The zero-order chi connectivity index (χ0) is 14.9. The number of ether oxygens (including phenoxy) is 1. The lowest BCUT2D eigenvalue weighted by Crippen LogP contribution is -2.45. The van der Waals surface area contributed by atoms with Gasteiger partial charge in [-0.05, 0) is 57.4 Å². The molecule has 1 aromatic rings. The second kappa shape index (κ2) is 5.35. The van der Waals surface area contributed by atoms with Gasteiger partial charge < -0.3 is 15.0 Å². The van der Waals surface area contributed by atoms with Crippen molar-refractivity contribution in [2.75, 3.05) is 12.4 Å². The van der Waals surface area contributed by atoms with Gasteiger partial charge in [0.1, 0.15) is 5.60 Å². The lowest BCUT2D eigenvalue weighted by Gasteiger charge is -2.36. The highest BCUT2D eigenvalue weighted by Gasteiger charge is 2.30. The average molecular weight is 276 g/mol. The summed E-state index contributed by atoms with van der Waals surface area (Å²) in [4.78, 5) is 14.1. The van der Waals surface area contributed by atoms with E-state index in [0.717, 1.165) is 12.1 Å². The normalized spacial score (nSPS) is 18.4. The smallest absolute Gasteiger partial charge is 0.410 e. The summed E-state index contributed by atoms with van der Waals surface area (Å²) in [6, 6.07) is 6.50. The van der Waals surface area contributed by atoms with Crippen LogP contribution in [0, 0.1) is 0 Å². The maximum Gasteiger partial charge on any atom is 0.410 e. The first-order chi connectivity index (χ1) is 9.30. The Bertz CT molecular complexity index is 506. The Hall–Kier alpha value is -1.71. The molecule has 0 saturated heterocycles. The standard InChI is InChI=1S/C16H24N2O2/c1-11-8-12-6-7-14(17-5)9-13(12)10-18(11)15(19)20-16(2,3)4/h6-7,9,11,17H,8,10H2,1-5H3. The molecule has 20 heavy (non-hydrogen) atoms. The summed E-state index contributed by atoms with van der Waals surface area (Å²) in [5, 5.41) is 3.14. The Morgan fingerprint density at radius 1 is 1.35 bits per heavy atom. The van der Waals surface area contributed by atoms with Crippen molar-refractivity contribution >= 4 is 11.8 Å². The van der Waals surface area contributed by atoms with Crippen LogP contribution in [0.2, 0.25) is 0 Å². The van der Waals surface area contributed by atoms with Crippen molar-refractivity contribution in [1.82, 2.24) is 4.90 Å². The number of nitrogens with zero attached hydrogens (tertiary/aromatic N) is 1. The first-order valence-corrected chi connectivity index (χ1v) is 7.09. The van der Waals surface area contributed by atoms with Crippen molar-refractivity contribution in [3.63, 3.8) is 0 Å². The molecule has 1 aliphatic rings. The van der Waals surface area contributed by atoms with Gasteiger partial charge in [0.2, 0.25) is 0 Å². The van der Waals surface area contributed by atoms with Crippen molar-refractivity contribution in [3.05, 3.63) is 29.3 Å². The number of amides is 1. The maximum atomic E-state index is 12.3. The minimum Gasteiger partial charge on any atom is -0.444 e. The number of rotatable bonds is 1. The van der Waals surface area contributed by atoms with Crippen LogP contribution in [0.15, 0.2) is 18.2 Å². The summed E-state index contributed by atoms with van der Waals surface area (Å²) in [5.41, 5.74) is 3.13. The number of carbonyl (C=O) groups excluding carboxylic acids is 1. The quantitative estimate of drug-likeness (QED) is 0.854. The molecule has 0 spiro atoms. The first-order valence-electron chi connectivity index (χ1n) is 7.09. The number of benzene rings is 1. The third-order valence-electron chi connectivity index (χ3n) is 3.51. The highest BCUT2D eigenvalue weighted by atomic mass is 16.6. The summed E-state index contributed by atoms with van der Waals surface area (Å²) < 4.78 is 5.49. The van der Waals surface area contributed by atoms with Crippen LogP contribution in [0.1, 0.15) is 38.8 Å². The van der Waals surface area contributed by atoms with E-state index in [2.05, 4.69) is 30.4 Å². The molecular formula is C16H24N2O2. The summed E-state index contributed by atoms with van der Waals surface area (Å²) in [5.74, 6) is 0. The molecule has 1 aromatic carbocycles. The summed E-state index contributed by atoms with van der Waals surface area (Å²) >= 11 is 0. The largest absolute Gasteiger partial charge is 0.444 e. The second-order valence-electron chi connectivity index (χ2n) is 6.39. The van der Waals surface area contributed by atoms with Gasteiger partial charge in [0.05, 0.1) is 0 Å². The van der Waals surface area contributed by atoms with Crippen LogP contribution in [-0.2, 0) is 17.7 Å². The van der Waals surface area contributed by atoms with Gasteiger partial charge in [0.25, 0.3) is 0 Å². The predicted molar refractivity (Wildman–Crippen MR) is 80.9 cm³/mol. The topological polar surface area (TPSA) is 41.6 Å². The molecule has 1 amide bonds. The van der Waals surface area contributed by atoms with Crippen LogP contribution in [0.4, 0.5) is 10.5 Å². The van der Waals surface area contributed by atoms with E-state index in [4.69, 9.17) is 4.74 Å². The number of carbonyl (C=O) groups is 1. The van der Waals surface area contributed by atoms with Gasteiger partial charge in [0, 0.05) is 25.3 Å². The summed E-state index contributed by atoms with van der Waals surface area (Å²) in [7, 11) is 1.90. The highest BCUT2D eigenvalue weighted by Crippen LogP contribution is 2.27. The molecular weight excluding hydrogens is 252 g/mol. The molecule has 1 N–H and O–H groups in total. The fourth-order valence-corrected chi connectivity index (χ4v) is 2.46. The molecule has 2 rings (SSSR count). The molecule has 110 valence electrons. The molecule has 1 unspecified atom stereocenters. The molecule has 1 atom stereocenters. The number of fused-ring (bicyclic) bond motifs is 1. The molecule has 0 radical (unpaired) electrons. The minimum absolute atomic E-state index is 0.165. The molecule has 4 heteroatoms. The van der Waals surface area contributed by atoms with Crippen molar-refractivity contribution in [3.8, 4) is 0 Å². The fourth-order valence-electron chi connectivity index (χ4n) is 2.46. The third kappa shape index (κ3) is 3.24. The molecule has 0 aromatic heterocycles. The van der Waals surface area contributed by atoms with Crippen LogP contribution >= 0.6 is 0 Å². The van der Waals surface area contributed by atoms with Crippen LogP contribution in [-0.4, -0.2) is 29.7 Å². The zero-order valence-electron chi connectivity index (χ0n) is 13.0. The number of nitrogens with one attached hydrogen (secondary N) is 1. The van der Waals surface area contributed by atoms with Crippen molar-refractivity contribution in [2.24, 2.45) is 0 Å².